The Morgan fingerprint density at radius 1 is 1.48 bits per heavy atom. The first-order valence-corrected chi connectivity index (χ1v) is 7.31. The minimum atomic E-state index is -3.94. The molecule has 10 heteroatoms. The van der Waals surface area contributed by atoms with E-state index in [1.54, 1.807) is 6.92 Å². The van der Waals surface area contributed by atoms with Crippen LogP contribution in [0.4, 0.5) is 15.8 Å². The first-order valence-electron chi connectivity index (χ1n) is 5.82. The van der Waals surface area contributed by atoms with Crippen LogP contribution in [0.2, 0.25) is 0 Å². The average Bonchev–Trinajstić information content (AvgIpc) is 2.90. The summed E-state index contributed by atoms with van der Waals surface area (Å²) < 4.78 is 40.9. The third-order valence-corrected chi connectivity index (χ3v) is 3.97. The van der Waals surface area contributed by atoms with Crippen LogP contribution in [0, 0.1) is 15.9 Å². The molecule has 0 atom stereocenters. The van der Waals surface area contributed by atoms with Crippen molar-refractivity contribution in [3.63, 3.8) is 0 Å². The van der Waals surface area contributed by atoms with Crippen LogP contribution in [0.25, 0.3) is 0 Å². The maximum absolute atomic E-state index is 13.2. The molecular weight excluding hydrogens is 303 g/mol. The van der Waals surface area contributed by atoms with Crippen molar-refractivity contribution >= 4 is 21.4 Å². The van der Waals surface area contributed by atoms with E-state index in [1.807, 2.05) is 0 Å². The molecule has 21 heavy (non-hydrogen) atoms. The molecule has 0 aliphatic heterocycles. The Morgan fingerprint density at radius 3 is 2.76 bits per heavy atom. The molecule has 1 aromatic heterocycles. The number of halogens is 1. The smallest absolute Gasteiger partial charge is 0.279 e. The van der Waals surface area contributed by atoms with Gasteiger partial charge in [-0.2, -0.15) is 9.49 Å². The number of nitrogens with one attached hydrogen (secondary N) is 1. The molecule has 0 saturated carbocycles. The zero-order chi connectivity index (χ0) is 15.6. The highest BCUT2D eigenvalue weighted by Gasteiger charge is 2.20. The van der Waals surface area contributed by atoms with Gasteiger partial charge in [0.15, 0.2) is 0 Å². The van der Waals surface area contributed by atoms with Gasteiger partial charge in [0.2, 0.25) is 5.82 Å². The average molecular weight is 314 g/mol. The summed E-state index contributed by atoms with van der Waals surface area (Å²) in [6, 6.07) is 2.74. The number of benzene rings is 1. The third kappa shape index (κ3) is 3.16. The summed E-state index contributed by atoms with van der Waals surface area (Å²) in [5, 5.41) is 14.5. The van der Waals surface area contributed by atoms with Crippen LogP contribution in [0.1, 0.15) is 6.92 Å². The number of nitrogens with zero attached hydrogens (tertiary/aromatic N) is 3. The van der Waals surface area contributed by atoms with Gasteiger partial charge in [0.05, 0.1) is 16.8 Å². The van der Waals surface area contributed by atoms with Crippen molar-refractivity contribution in [3.05, 3.63) is 46.5 Å². The fraction of sp³-hybridized carbons (Fsp3) is 0.182. The summed E-state index contributed by atoms with van der Waals surface area (Å²) in [7, 11) is -3.94. The fourth-order valence-corrected chi connectivity index (χ4v) is 2.59. The monoisotopic (exact) mass is 314 g/mol. The highest BCUT2D eigenvalue weighted by atomic mass is 32.2. The predicted molar refractivity (Wildman–Crippen MR) is 71.8 cm³/mol. The molecule has 0 unspecified atom stereocenters. The Bertz CT molecular complexity index is 787. The zero-order valence-corrected chi connectivity index (χ0v) is 11.7. The van der Waals surface area contributed by atoms with E-state index in [0.717, 1.165) is 24.4 Å². The number of nitro groups is 1. The van der Waals surface area contributed by atoms with Gasteiger partial charge >= 0.3 is 5.69 Å². The van der Waals surface area contributed by atoms with Crippen LogP contribution in [-0.2, 0) is 16.6 Å². The molecule has 1 N–H and O–H groups in total. The van der Waals surface area contributed by atoms with Crippen molar-refractivity contribution < 1.29 is 17.7 Å². The van der Waals surface area contributed by atoms with Crippen LogP contribution in [0.5, 0.6) is 0 Å². The second-order valence-corrected chi connectivity index (χ2v) is 5.74. The molecule has 1 aromatic carbocycles. The van der Waals surface area contributed by atoms with Gasteiger partial charge in [0.1, 0.15) is 4.90 Å². The Balaban J connectivity index is 2.32. The highest BCUT2D eigenvalue weighted by Crippen LogP contribution is 2.23. The maximum Gasteiger partial charge on any atom is 0.306 e. The maximum atomic E-state index is 13.2. The summed E-state index contributed by atoms with van der Waals surface area (Å²) in [5.74, 6) is -1.04. The third-order valence-electron chi connectivity index (χ3n) is 2.64. The lowest BCUT2D eigenvalue weighted by Crippen LogP contribution is -2.12. The van der Waals surface area contributed by atoms with E-state index in [-0.39, 0.29) is 10.6 Å². The number of hydrogen-bond donors (Lipinski definition) is 1. The standard InChI is InChI=1S/C11H11FN4O4S/c1-2-15-7-9(6-13-15)21(19,20)14-8-3-4-10(12)11(5-8)16(17)18/h3-7,14H,2H2,1H3. The first-order chi connectivity index (χ1) is 9.83. The number of anilines is 1. The van der Waals surface area contributed by atoms with Crippen molar-refractivity contribution in [2.45, 2.75) is 18.4 Å². The molecule has 0 aliphatic rings. The largest absolute Gasteiger partial charge is 0.306 e. The number of sulfonamides is 1. The van der Waals surface area contributed by atoms with Crippen LogP contribution in [-0.4, -0.2) is 23.1 Å². The summed E-state index contributed by atoms with van der Waals surface area (Å²) in [6.45, 7) is 2.29. The van der Waals surface area contributed by atoms with E-state index in [9.17, 15) is 22.9 Å². The van der Waals surface area contributed by atoms with Gasteiger partial charge in [-0.15, -0.1) is 0 Å². The molecule has 2 rings (SSSR count). The van der Waals surface area contributed by atoms with Gasteiger partial charge in [0, 0.05) is 18.8 Å². The molecular formula is C11H11FN4O4S. The lowest BCUT2D eigenvalue weighted by Gasteiger charge is -2.06. The summed E-state index contributed by atoms with van der Waals surface area (Å²) in [5.41, 5.74) is -0.910. The SMILES string of the molecule is CCn1cc(S(=O)(=O)Nc2ccc(F)c([N+](=O)[O-])c2)cn1. The second-order valence-electron chi connectivity index (χ2n) is 4.06. The molecule has 2 aromatic rings. The zero-order valence-electron chi connectivity index (χ0n) is 10.9. The van der Waals surface area contributed by atoms with Crippen molar-refractivity contribution in [1.82, 2.24) is 9.78 Å². The molecule has 0 aliphatic carbocycles. The topological polar surface area (TPSA) is 107 Å². The molecule has 0 amide bonds. The minimum absolute atomic E-state index is 0.0867. The Morgan fingerprint density at radius 2 is 2.19 bits per heavy atom. The molecule has 8 nitrogen and oxygen atoms in total. The van der Waals surface area contributed by atoms with E-state index in [2.05, 4.69) is 9.82 Å². The Hall–Kier alpha value is -2.49. The van der Waals surface area contributed by atoms with E-state index in [1.165, 1.54) is 10.9 Å². The van der Waals surface area contributed by atoms with Gasteiger partial charge < -0.3 is 0 Å². The second kappa shape index (κ2) is 5.48. The molecule has 1 heterocycles. The number of hydrogen-bond acceptors (Lipinski definition) is 5. The van der Waals surface area contributed by atoms with E-state index < -0.39 is 26.5 Å². The van der Waals surface area contributed by atoms with Gasteiger partial charge in [-0.1, -0.05) is 0 Å². The van der Waals surface area contributed by atoms with Crippen LogP contribution < -0.4 is 4.72 Å². The van der Waals surface area contributed by atoms with E-state index in [4.69, 9.17) is 0 Å². The van der Waals surface area contributed by atoms with Crippen molar-refractivity contribution in [1.29, 1.82) is 0 Å². The quantitative estimate of drug-likeness (QED) is 0.668. The Labute approximate surface area is 119 Å². The number of rotatable bonds is 5. The van der Waals surface area contributed by atoms with Crippen molar-refractivity contribution in [2.75, 3.05) is 4.72 Å². The first kappa shape index (κ1) is 14.9. The number of aryl methyl sites for hydroxylation is 1. The minimum Gasteiger partial charge on any atom is -0.279 e. The van der Waals surface area contributed by atoms with Gasteiger partial charge in [0.25, 0.3) is 10.0 Å². The lowest BCUT2D eigenvalue weighted by molar-refractivity contribution is -0.387. The Kier molecular flexibility index (Phi) is 3.89. The molecule has 0 saturated heterocycles. The molecule has 0 fully saturated rings. The number of nitro benzene ring substituents is 1. The van der Waals surface area contributed by atoms with Crippen molar-refractivity contribution in [3.8, 4) is 0 Å². The van der Waals surface area contributed by atoms with Gasteiger partial charge in [-0.05, 0) is 19.1 Å². The molecule has 0 bridgehead atoms. The van der Waals surface area contributed by atoms with Crippen LogP contribution >= 0.6 is 0 Å². The van der Waals surface area contributed by atoms with Crippen molar-refractivity contribution in [2.24, 2.45) is 0 Å². The van der Waals surface area contributed by atoms with Crippen LogP contribution in [0.3, 0.4) is 0 Å². The highest BCUT2D eigenvalue weighted by molar-refractivity contribution is 7.92. The van der Waals surface area contributed by atoms with E-state index >= 15 is 0 Å². The normalized spacial score (nSPS) is 11.3. The summed E-state index contributed by atoms with van der Waals surface area (Å²) >= 11 is 0. The summed E-state index contributed by atoms with van der Waals surface area (Å²) in [6.07, 6.45) is 2.48. The molecule has 112 valence electrons. The van der Waals surface area contributed by atoms with Crippen LogP contribution in [0.15, 0.2) is 35.5 Å². The van der Waals surface area contributed by atoms with Gasteiger partial charge in [-0.3, -0.25) is 19.5 Å². The number of aromatic nitrogens is 2. The lowest BCUT2D eigenvalue weighted by atomic mass is 10.3. The fourth-order valence-electron chi connectivity index (χ4n) is 1.59. The predicted octanol–water partition coefficient (Wildman–Crippen LogP) is 1.75. The molecule has 0 spiro atoms. The van der Waals surface area contributed by atoms with E-state index in [0.29, 0.717) is 6.54 Å². The molecule has 0 radical (unpaired) electrons. The van der Waals surface area contributed by atoms with Gasteiger partial charge in [-0.25, -0.2) is 8.42 Å². The summed E-state index contributed by atoms with van der Waals surface area (Å²) in [4.78, 5) is 9.61.